The molecule has 0 radical (unpaired) electrons. The number of halogens is 1. The van der Waals surface area contributed by atoms with E-state index in [9.17, 15) is 4.79 Å². The monoisotopic (exact) mass is 187 g/mol. The summed E-state index contributed by atoms with van der Waals surface area (Å²) in [5, 5.41) is 17.7. The molecular formula is C7H6ClNO3. The van der Waals surface area contributed by atoms with Gasteiger partial charge in [0.25, 0.3) is 5.91 Å². The van der Waals surface area contributed by atoms with Gasteiger partial charge in [-0.15, -0.1) is 0 Å². The number of amides is 1. The Morgan fingerprint density at radius 2 is 2.17 bits per heavy atom. The molecule has 0 aromatic heterocycles. The first-order valence-corrected chi connectivity index (χ1v) is 3.46. The van der Waals surface area contributed by atoms with Gasteiger partial charge in [0.15, 0.2) is 0 Å². The highest BCUT2D eigenvalue weighted by Gasteiger charge is 2.09. The Hall–Kier alpha value is -1.26. The number of phenols is 1. The minimum Gasteiger partial charge on any atom is -0.507 e. The van der Waals surface area contributed by atoms with Crippen molar-refractivity contribution in [2.75, 3.05) is 0 Å². The molecule has 0 heterocycles. The number of phenolic OH excluding ortho intramolecular Hbond substituents is 1. The van der Waals surface area contributed by atoms with Crippen molar-refractivity contribution in [1.29, 1.82) is 0 Å². The van der Waals surface area contributed by atoms with Crippen LogP contribution in [-0.4, -0.2) is 16.2 Å². The number of nitrogens with one attached hydrogen (secondary N) is 1. The minimum absolute atomic E-state index is 0.0260. The fraction of sp³-hybridized carbons (Fsp3) is 0. The largest absolute Gasteiger partial charge is 0.507 e. The number of hydrogen-bond donors (Lipinski definition) is 3. The smallest absolute Gasteiger partial charge is 0.278 e. The van der Waals surface area contributed by atoms with Gasteiger partial charge in [0, 0.05) is 5.02 Å². The van der Waals surface area contributed by atoms with Gasteiger partial charge < -0.3 is 5.11 Å². The first-order chi connectivity index (χ1) is 5.65. The summed E-state index contributed by atoms with van der Waals surface area (Å²) >= 11 is 5.51. The van der Waals surface area contributed by atoms with Crippen molar-refractivity contribution in [3.8, 4) is 5.75 Å². The van der Waals surface area contributed by atoms with Crippen molar-refractivity contribution in [2.45, 2.75) is 0 Å². The number of carbonyl (C=O) groups excluding carboxylic acids is 1. The van der Waals surface area contributed by atoms with E-state index in [0.29, 0.717) is 5.02 Å². The van der Waals surface area contributed by atoms with E-state index >= 15 is 0 Å². The third kappa shape index (κ3) is 1.66. The summed E-state index contributed by atoms with van der Waals surface area (Å²) in [6.07, 6.45) is 0. The van der Waals surface area contributed by atoms with Gasteiger partial charge in [-0.3, -0.25) is 10.0 Å². The first kappa shape index (κ1) is 8.83. The van der Waals surface area contributed by atoms with Crippen LogP contribution < -0.4 is 5.48 Å². The van der Waals surface area contributed by atoms with Crippen LogP contribution in [0.25, 0.3) is 0 Å². The van der Waals surface area contributed by atoms with Crippen molar-refractivity contribution in [2.24, 2.45) is 0 Å². The van der Waals surface area contributed by atoms with Crippen molar-refractivity contribution in [3.63, 3.8) is 0 Å². The Kier molecular flexibility index (Phi) is 2.52. The Balaban J connectivity index is 3.09. The molecule has 3 N–H and O–H groups in total. The zero-order valence-corrected chi connectivity index (χ0v) is 6.67. The first-order valence-electron chi connectivity index (χ1n) is 3.08. The van der Waals surface area contributed by atoms with Crippen molar-refractivity contribution < 1.29 is 15.1 Å². The highest BCUT2D eigenvalue weighted by molar-refractivity contribution is 6.30. The van der Waals surface area contributed by atoms with Gasteiger partial charge in [-0.05, 0) is 18.2 Å². The third-order valence-electron chi connectivity index (χ3n) is 1.31. The van der Waals surface area contributed by atoms with E-state index in [1.807, 2.05) is 0 Å². The number of rotatable bonds is 1. The zero-order valence-electron chi connectivity index (χ0n) is 5.91. The summed E-state index contributed by atoms with van der Waals surface area (Å²) in [5.41, 5.74) is 1.37. The van der Waals surface area contributed by atoms with E-state index in [2.05, 4.69) is 0 Å². The average molecular weight is 188 g/mol. The van der Waals surface area contributed by atoms with Crippen LogP contribution in [0.3, 0.4) is 0 Å². The molecule has 0 fully saturated rings. The topological polar surface area (TPSA) is 69.6 Å². The lowest BCUT2D eigenvalue weighted by Crippen LogP contribution is -2.18. The summed E-state index contributed by atoms with van der Waals surface area (Å²) < 4.78 is 0. The normalized spacial score (nSPS) is 9.50. The molecule has 1 rings (SSSR count). The number of benzene rings is 1. The molecule has 0 bridgehead atoms. The quantitative estimate of drug-likeness (QED) is 0.457. The SMILES string of the molecule is O=C(NO)c1ccc(Cl)cc1O. The van der Waals surface area contributed by atoms with Crippen molar-refractivity contribution >= 4 is 17.5 Å². The molecule has 0 spiro atoms. The lowest BCUT2D eigenvalue weighted by molar-refractivity contribution is 0.0703. The van der Waals surface area contributed by atoms with E-state index in [1.165, 1.54) is 23.7 Å². The van der Waals surface area contributed by atoms with Gasteiger partial charge in [0.2, 0.25) is 0 Å². The fourth-order valence-electron chi connectivity index (χ4n) is 0.757. The van der Waals surface area contributed by atoms with E-state index in [1.54, 1.807) is 0 Å². The molecule has 0 aliphatic rings. The lowest BCUT2D eigenvalue weighted by Gasteiger charge is -2.01. The highest BCUT2D eigenvalue weighted by atomic mass is 35.5. The molecule has 1 aromatic rings. The number of carbonyl (C=O) groups is 1. The predicted octanol–water partition coefficient (Wildman–Crippen LogP) is 1.16. The Bertz CT molecular complexity index is 314. The Morgan fingerprint density at radius 3 is 2.67 bits per heavy atom. The fourth-order valence-corrected chi connectivity index (χ4v) is 0.923. The molecule has 0 aliphatic carbocycles. The van der Waals surface area contributed by atoms with Crippen LogP contribution in [0.2, 0.25) is 5.02 Å². The van der Waals surface area contributed by atoms with Crippen LogP contribution >= 0.6 is 11.6 Å². The summed E-state index contributed by atoms with van der Waals surface area (Å²) in [5.74, 6) is -1.04. The maximum absolute atomic E-state index is 10.8. The predicted molar refractivity (Wildman–Crippen MR) is 42.4 cm³/mol. The van der Waals surface area contributed by atoms with Gasteiger partial charge in [-0.25, -0.2) is 5.48 Å². The van der Waals surface area contributed by atoms with E-state index in [-0.39, 0.29) is 11.3 Å². The number of aromatic hydroxyl groups is 1. The van der Waals surface area contributed by atoms with Crippen LogP contribution in [0.1, 0.15) is 10.4 Å². The van der Waals surface area contributed by atoms with Gasteiger partial charge in [0.1, 0.15) is 5.75 Å². The second-order valence-electron chi connectivity index (χ2n) is 2.10. The van der Waals surface area contributed by atoms with E-state index < -0.39 is 5.91 Å². The second-order valence-corrected chi connectivity index (χ2v) is 2.54. The minimum atomic E-state index is -0.774. The molecule has 0 atom stereocenters. The summed E-state index contributed by atoms with van der Waals surface area (Å²) in [4.78, 5) is 10.8. The molecule has 1 aromatic carbocycles. The number of hydrogen-bond acceptors (Lipinski definition) is 3. The van der Waals surface area contributed by atoms with Crippen LogP contribution in [0.5, 0.6) is 5.75 Å². The van der Waals surface area contributed by atoms with Crippen molar-refractivity contribution in [3.05, 3.63) is 28.8 Å². The van der Waals surface area contributed by atoms with Crippen LogP contribution in [0.15, 0.2) is 18.2 Å². The summed E-state index contributed by atoms with van der Waals surface area (Å²) in [6, 6.07) is 3.96. The van der Waals surface area contributed by atoms with Crippen LogP contribution in [0, 0.1) is 0 Å². The lowest BCUT2D eigenvalue weighted by atomic mass is 10.2. The summed E-state index contributed by atoms with van der Waals surface area (Å²) in [6.45, 7) is 0. The molecule has 64 valence electrons. The zero-order chi connectivity index (χ0) is 9.14. The molecule has 12 heavy (non-hydrogen) atoms. The second kappa shape index (κ2) is 3.42. The van der Waals surface area contributed by atoms with Gasteiger partial charge in [0.05, 0.1) is 5.56 Å². The molecule has 0 saturated heterocycles. The highest BCUT2D eigenvalue weighted by Crippen LogP contribution is 2.21. The van der Waals surface area contributed by atoms with E-state index in [0.717, 1.165) is 0 Å². The molecule has 5 heteroatoms. The van der Waals surface area contributed by atoms with Crippen LogP contribution in [-0.2, 0) is 0 Å². The van der Waals surface area contributed by atoms with Crippen LogP contribution in [0.4, 0.5) is 0 Å². The molecule has 0 aliphatic heterocycles. The van der Waals surface area contributed by atoms with E-state index in [4.69, 9.17) is 21.9 Å². The maximum Gasteiger partial charge on any atom is 0.278 e. The molecule has 0 saturated carbocycles. The third-order valence-corrected chi connectivity index (χ3v) is 1.54. The summed E-state index contributed by atoms with van der Waals surface area (Å²) in [7, 11) is 0. The van der Waals surface area contributed by atoms with Gasteiger partial charge in [-0.2, -0.15) is 0 Å². The standard InChI is InChI=1S/C7H6ClNO3/c8-4-1-2-5(6(10)3-4)7(11)9-12/h1-3,10,12H,(H,9,11). The van der Waals surface area contributed by atoms with Crippen molar-refractivity contribution in [1.82, 2.24) is 5.48 Å². The Morgan fingerprint density at radius 1 is 1.50 bits per heavy atom. The molecule has 1 amide bonds. The number of hydroxylamine groups is 1. The molecule has 4 nitrogen and oxygen atoms in total. The maximum atomic E-state index is 10.8. The Labute approximate surface area is 73.4 Å². The molecule has 0 unspecified atom stereocenters. The van der Waals surface area contributed by atoms with Gasteiger partial charge >= 0.3 is 0 Å². The average Bonchev–Trinajstić information content (AvgIpc) is 2.03. The molecular weight excluding hydrogens is 182 g/mol. The van der Waals surface area contributed by atoms with Gasteiger partial charge in [-0.1, -0.05) is 11.6 Å².